The van der Waals surface area contributed by atoms with E-state index in [4.69, 9.17) is 0 Å². The molecule has 0 saturated carbocycles. The first-order valence-electron chi connectivity index (χ1n) is 11.3. The third-order valence-corrected chi connectivity index (χ3v) is 6.61. The second-order valence-corrected chi connectivity index (χ2v) is 11.2. The van der Waals surface area contributed by atoms with Crippen molar-refractivity contribution >= 4 is 23.5 Å². The van der Waals surface area contributed by atoms with Gasteiger partial charge in [-0.15, -0.1) is 0 Å². The summed E-state index contributed by atoms with van der Waals surface area (Å²) in [5.74, 6) is 0.448. The van der Waals surface area contributed by atoms with Crippen LogP contribution in [0.5, 0.6) is 5.75 Å². The molecule has 0 atom stereocenters. The van der Waals surface area contributed by atoms with Crippen molar-refractivity contribution in [3.63, 3.8) is 0 Å². The number of nitrogens with zero attached hydrogens (tertiary/aromatic N) is 1. The molecule has 0 unspecified atom stereocenters. The minimum Gasteiger partial charge on any atom is -0.507 e. The van der Waals surface area contributed by atoms with Gasteiger partial charge in [-0.05, 0) is 58.9 Å². The van der Waals surface area contributed by atoms with E-state index in [0.29, 0.717) is 12.2 Å². The number of phenols is 1. The highest BCUT2D eigenvalue weighted by atomic mass is 32.2. The Morgan fingerprint density at radius 3 is 1.71 bits per heavy atom. The second-order valence-electron chi connectivity index (χ2n) is 10.1. The third kappa shape index (κ3) is 5.65. The van der Waals surface area contributed by atoms with Crippen molar-refractivity contribution < 1.29 is 9.90 Å². The fourth-order valence-electron chi connectivity index (χ4n) is 3.75. The Morgan fingerprint density at radius 2 is 1.35 bits per heavy atom. The van der Waals surface area contributed by atoms with Crippen LogP contribution >= 0.6 is 11.9 Å². The highest BCUT2D eigenvalue weighted by Crippen LogP contribution is 2.44. The zero-order chi connectivity index (χ0) is 23.6. The molecule has 0 heterocycles. The topological polar surface area (TPSA) is 40.5 Å². The Morgan fingerprint density at radius 1 is 0.903 bits per heavy atom. The summed E-state index contributed by atoms with van der Waals surface area (Å²) < 4.78 is 1.88. The van der Waals surface area contributed by atoms with Crippen LogP contribution in [0.2, 0.25) is 0 Å². The number of benzene rings is 2. The molecule has 2 aromatic carbocycles. The van der Waals surface area contributed by atoms with E-state index in [2.05, 4.69) is 73.6 Å². The molecular formula is C27H39NO2S. The van der Waals surface area contributed by atoms with Crippen LogP contribution in [0.4, 0.5) is 5.69 Å². The molecular weight excluding hydrogens is 402 g/mol. The second kappa shape index (κ2) is 9.68. The lowest BCUT2D eigenvalue weighted by atomic mass is 9.79. The number of carbonyl (C=O) groups excluding carboxylic acids is 1. The molecule has 4 heteroatoms. The van der Waals surface area contributed by atoms with E-state index in [9.17, 15) is 9.90 Å². The number of amides is 1. The molecule has 31 heavy (non-hydrogen) atoms. The van der Waals surface area contributed by atoms with Crippen LogP contribution in [-0.2, 0) is 28.5 Å². The molecule has 3 nitrogen and oxygen atoms in total. The van der Waals surface area contributed by atoms with E-state index in [1.807, 2.05) is 23.4 Å². The average molecular weight is 442 g/mol. The van der Waals surface area contributed by atoms with Crippen LogP contribution in [0.1, 0.15) is 91.0 Å². The maximum absolute atomic E-state index is 13.1. The van der Waals surface area contributed by atoms with Crippen molar-refractivity contribution in [3.8, 4) is 5.75 Å². The fourth-order valence-corrected chi connectivity index (χ4v) is 4.86. The first kappa shape index (κ1) is 25.3. The Hall–Kier alpha value is -1.94. The Kier molecular flexibility index (Phi) is 7.91. The minimum atomic E-state index is -0.212. The minimum absolute atomic E-state index is 0.0864. The van der Waals surface area contributed by atoms with Gasteiger partial charge in [0.05, 0.1) is 5.69 Å². The van der Waals surface area contributed by atoms with Crippen LogP contribution in [0.3, 0.4) is 0 Å². The van der Waals surface area contributed by atoms with E-state index in [1.54, 1.807) is 0 Å². The van der Waals surface area contributed by atoms with Gasteiger partial charge in [0.15, 0.2) is 0 Å². The number of aryl methyl sites for hydroxylation is 2. The number of rotatable bonds is 6. The number of anilines is 1. The Bertz CT molecular complexity index is 878. The molecule has 0 aliphatic carbocycles. The summed E-state index contributed by atoms with van der Waals surface area (Å²) in [4.78, 5) is 14.1. The van der Waals surface area contributed by atoms with E-state index in [1.165, 1.54) is 23.1 Å². The van der Waals surface area contributed by atoms with Gasteiger partial charge in [-0.1, -0.05) is 80.5 Å². The van der Waals surface area contributed by atoms with E-state index < -0.39 is 0 Å². The monoisotopic (exact) mass is 441 g/mol. The molecule has 170 valence electrons. The molecule has 0 aliphatic heterocycles. The molecule has 0 spiro atoms. The smallest absolute Gasteiger partial charge is 0.237 e. The van der Waals surface area contributed by atoms with Gasteiger partial charge in [-0.2, -0.15) is 0 Å². The molecule has 0 bridgehead atoms. The summed E-state index contributed by atoms with van der Waals surface area (Å²) in [6, 6.07) is 10.4. The third-order valence-electron chi connectivity index (χ3n) is 5.59. The first-order chi connectivity index (χ1) is 14.3. The van der Waals surface area contributed by atoms with Crippen LogP contribution in [-0.4, -0.2) is 11.0 Å². The molecule has 2 rings (SSSR count). The maximum Gasteiger partial charge on any atom is 0.237 e. The largest absolute Gasteiger partial charge is 0.507 e. The lowest BCUT2D eigenvalue weighted by molar-refractivity contribution is -0.117. The molecule has 0 saturated heterocycles. The number of phenolic OH excluding ortho intramolecular Hbond substituents is 1. The van der Waals surface area contributed by atoms with Gasteiger partial charge in [0.25, 0.3) is 0 Å². The van der Waals surface area contributed by atoms with Crippen LogP contribution < -0.4 is 4.31 Å². The zero-order valence-corrected chi connectivity index (χ0v) is 21.5. The number of hydrogen-bond donors (Lipinski definition) is 1. The van der Waals surface area contributed by atoms with Crippen LogP contribution in [0, 0.1) is 0 Å². The lowest BCUT2D eigenvalue weighted by Crippen LogP contribution is -2.25. The summed E-state index contributed by atoms with van der Waals surface area (Å²) in [6.07, 6.45) is 2.17. The first-order valence-corrected chi connectivity index (χ1v) is 12.1. The van der Waals surface area contributed by atoms with Crippen molar-refractivity contribution in [1.82, 2.24) is 0 Å². The Labute approximate surface area is 193 Å². The van der Waals surface area contributed by atoms with Gasteiger partial charge in [0.2, 0.25) is 5.91 Å². The number of para-hydroxylation sites is 1. The highest BCUT2D eigenvalue weighted by Gasteiger charge is 2.28. The van der Waals surface area contributed by atoms with Crippen molar-refractivity contribution in [2.75, 3.05) is 4.31 Å². The standard InChI is InChI=1S/C27H39NO2S/c1-10-18-14-13-15-19(11-2)24(18)28(23(29)12-3)31-20-16-21(26(4,5)6)25(30)22(17-20)27(7,8)9/h13-17,30H,10-12H2,1-9H3. The Balaban J connectivity index is 2.72. The number of hydrogen-bond acceptors (Lipinski definition) is 3. The van der Waals surface area contributed by atoms with E-state index >= 15 is 0 Å². The van der Waals surface area contributed by atoms with E-state index in [0.717, 1.165) is 34.6 Å². The fraction of sp³-hybridized carbons (Fsp3) is 0.519. The maximum atomic E-state index is 13.1. The van der Waals surface area contributed by atoms with E-state index in [-0.39, 0.29) is 16.7 Å². The molecule has 2 aromatic rings. The summed E-state index contributed by atoms with van der Waals surface area (Å²) in [6.45, 7) is 18.8. The highest BCUT2D eigenvalue weighted by molar-refractivity contribution is 8.01. The van der Waals surface area contributed by atoms with Crippen LogP contribution in [0.25, 0.3) is 0 Å². The molecule has 1 amide bonds. The SMILES string of the molecule is CCC(=O)N(Sc1cc(C(C)(C)C)c(O)c(C(C)(C)C)c1)c1c(CC)cccc1CC. The summed E-state index contributed by atoms with van der Waals surface area (Å²) in [5.41, 5.74) is 4.77. The van der Waals surface area contributed by atoms with Gasteiger partial charge in [-0.25, -0.2) is 4.31 Å². The number of carbonyl (C=O) groups is 1. The molecule has 0 aliphatic rings. The molecule has 1 N–H and O–H groups in total. The zero-order valence-electron chi connectivity index (χ0n) is 20.7. The lowest BCUT2D eigenvalue weighted by Gasteiger charge is -2.30. The van der Waals surface area contributed by atoms with Crippen molar-refractivity contribution in [3.05, 3.63) is 52.6 Å². The summed E-state index contributed by atoms with van der Waals surface area (Å²) in [5, 5.41) is 11.1. The van der Waals surface area contributed by atoms with Gasteiger partial charge in [0.1, 0.15) is 5.75 Å². The van der Waals surface area contributed by atoms with Gasteiger partial charge >= 0.3 is 0 Å². The number of aromatic hydroxyl groups is 1. The predicted molar refractivity (Wildman–Crippen MR) is 134 cm³/mol. The molecule has 0 fully saturated rings. The summed E-state index contributed by atoms with van der Waals surface area (Å²) >= 11 is 1.48. The van der Waals surface area contributed by atoms with Gasteiger partial charge < -0.3 is 5.11 Å². The molecule has 0 aromatic heterocycles. The van der Waals surface area contributed by atoms with Gasteiger partial charge in [0, 0.05) is 22.4 Å². The predicted octanol–water partition coefficient (Wildman–Crippen LogP) is 7.56. The normalized spacial score (nSPS) is 12.2. The average Bonchev–Trinajstić information content (AvgIpc) is 2.70. The molecule has 0 radical (unpaired) electrons. The van der Waals surface area contributed by atoms with Crippen LogP contribution in [0.15, 0.2) is 35.2 Å². The van der Waals surface area contributed by atoms with Crippen molar-refractivity contribution in [2.45, 2.75) is 97.3 Å². The van der Waals surface area contributed by atoms with Crippen molar-refractivity contribution in [1.29, 1.82) is 0 Å². The van der Waals surface area contributed by atoms with Crippen molar-refractivity contribution in [2.24, 2.45) is 0 Å². The summed E-state index contributed by atoms with van der Waals surface area (Å²) in [7, 11) is 0. The quantitative estimate of drug-likeness (QED) is 0.470. The van der Waals surface area contributed by atoms with Gasteiger partial charge in [-0.3, -0.25) is 4.79 Å².